The van der Waals surface area contributed by atoms with E-state index in [1.807, 2.05) is 0 Å². The lowest BCUT2D eigenvalue weighted by Crippen LogP contribution is -2.00. The quantitative estimate of drug-likeness (QED) is 0.918. The molecule has 0 aliphatic heterocycles. The molecular weight excluding hydrogens is 270 g/mol. The van der Waals surface area contributed by atoms with Crippen molar-refractivity contribution >= 4 is 17.7 Å². The number of hydrogen-bond acceptors (Lipinski definition) is 2. The van der Waals surface area contributed by atoms with Crippen molar-refractivity contribution in [2.45, 2.75) is 16.7 Å². The van der Waals surface area contributed by atoms with E-state index in [4.69, 9.17) is 5.11 Å². The number of aryl methyl sites for hydroxylation is 1. The topological polar surface area (TPSA) is 37.3 Å². The van der Waals surface area contributed by atoms with Gasteiger partial charge in [0.15, 0.2) is 0 Å². The van der Waals surface area contributed by atoms with Gasteiger partial charge in [-0.1, -0.05) is 23.9 Å². The molecule has 0 radical (unpaired) electrons. The summed E-state index contributed by atoms with van der Waals surface area (Å²) in [6.45, 7) is 1.75. The SMILES string of the molecule is Cc1cccc(C(=O)O)c1Sc1ccc(F)cc1F. The summed E-state index contributed by atoms with van der Waals surface area (Å²) >= 11 is 0.982. The van der Waals surface area contributed by atoms with Gasteiger partial charge < -0.3 is 5.11 Å². The van der Waals surface area contributed by atoms with E-state index >= 15 is 0 Å². The van der Waals surface area contributed by atoms with Crippen molar-refractivity contribution in [2.75, 3.05) is 0 Å². The lowest BCUT2D eigenvalue weighted by Gasteiger charge is -2.09. The highest BCUT2D eigenvalue weighted by Gasteiger charge is 2.15. The minimum atomic E-state index is -1.08. The molecule has 0 amide bonds. The zero-order valence-corrected chi connectivity index (χ0v) is 10.8. The Labute approximate surface area is 113 Å². The van der Waals surface area contributed by atoms with Crippen LogP contribution in [0.3, 0.4) is 0 Å². The van der Waals surface area contributed by atoms with Crippen LogP contribution in [-0.4, -0.2) is 11.1 Å². The molecule has 5 heteroatoms. The molecule has 0 aliphatic carbocycles. The van der Waals surface area contributed by atoms with Gasteiger partial charge in [-0.25, -0.2) is 13.6 Å². The Morgan fingerprint density at radius 3 is 2.58 bits per heavy atom. The summed E-state index contributed by atoms with van der Waals surface area (Å²) in [6, 6.07) is 8.05. The summed E-state index contributed by atoms with van der Waals surface area (Å²) in [5.41, 5.74) is 0.836. The smallest absolute Gasteiger partial charge is 0.336 e. The van der Waals surface area contributed by atoms with Gasteiger partial charge in [0.05, 0.1) is 5.56 Å². The molecule has 0 aromatic heterocycles. The first-order valence-corrected chi connectivity index (χ1v) is 6.26. The Balaban J connectivity index is 2.46. The van der Waals surface area contributed by atoms with Crippen molar-refractivity contribution in [2.24, 2.45) is 0 Å². The molecule has 19 heavy (non-hydrogen) atoms. The Hall–Kier alpha value is -1.88. The summed E-state index contributed by atoms with van der Waals surface area (Å²) in [7, 11) is 0. The summed E-state index contributed by atoms with van der Waals surface area (Å²) in [6.07, 6.45) is 0. The van der Waals surface area contributed by atoms with Crippen LogP contribution in [0.1, 0.15) is 15.9 Å². The Kier molecular flexibility index (Phi) is 3.85. The highest BCUT2D eigenvalue weighted by molar-refractivity contribution is 7.99. The van der Waals surface area contributed by atoms with Gasteiger partial charge in [-0.05, 0) is 30.7 Å². The van der Waals surface area contributed by atoms with Crippen LogP contribution in [0.2, 0.25) is 0 Å². The van der Waals surface area contributed by atoms with Gasteiger partial charge in [0.25, 0.3) is 0 Å². The minimum Gasteiger partial charge on any atom is -0.478 e. The van der Waals surface area contributed by atoms with Gasteiger partial charge in [-0.3, -0.25) is 0 Å². The van der Waals surface area contributed by atoms with E-state index in [1.165, 1.54) is 12.1 Å². The average Bonchev–Trinajstić information content (AvgIpc) is 2.34. The van der Waals surface area contributed by atoms with E-state index in [0.717, 1.165) is 29.5 Å². The van der Waals surface area contributed by atoms with E-state index in [0.29, 0.717) is 4.90 Å². The zero-order valence-electron chi connectivity index (χ0n) is 9.98. The molecule has 0 bridgehead atoms. The fraction of sp³-hybridized carbons (Fsp3) is 0.0714. The first-order chi connectivity index (χ1) is 8.99. The van der Waals surface area contributed by atoms with Gasteiger partial charge in [-0.15, -0.1) is 0 Å². The summed E-state index contributed by atoms with van der Waals surface area (Å²) in [5.74, 6) is -2.44. The molecule has 0 aliphatic rings. The van der Waals surface area contributed by atoms with Crippen LogP contribution in [0.4, 0.5) is 8.78 Å². The second-order valence-electron chi connectivity index (χ2n) is 3.93. The monoisotopic (exact) mass is 280 g/mol. The number of carboxylic acid groups (broad SMARTS) is 1. The fourth-order valence-electron chi connectivity index (χ4n) is 1.62. The summed E-state index contributed by atoms with van der Waals surface area (Å²) < 4.78 is 26.4. The highest BCUT2D eigenvalue weighted by Crippen LogP contribution is 2.34. The Morgan fingerprint density at radius 2 is 1.95 bits per heavy atom. The molecule has 2 rings (SSSR count). The van der Waals surface area contributed by atoms with E-state index in [9.17, 15) is 13.6 Å². The normalized spacial score (nSPS) is 10.5. The number of benzene rings is 2. The first kappa shape index (κ1) is 13.5. The largest absolute Gasteiger partial charge is 0.478 e. The van der Waals surface area contributed by atoms with Crippen LogP contribution in [-0.2, 0) is 0 Å². The third-order valence-corrected chi connectivity index (χ3v) is 3.85. The maximum absolute atomic E-state index is 13.6. The zero-order chi connectivity index (χ0) is 14.0. The molecule has 0 unspecified atom stereocenters. The van der Waals surface area contributed by atoms with Crippen LogP contribution in [0, 0.1) is 18.6 Å². The molecule has 2 aromatic rings. The molecule has 0 saturated heterocycles. The molecule has 0 spiro atoms. The average molecular weight is 280 g/mol. The van der Waals surface area contributed by atoms with Gasteiger partial charge in [-0.2, -0.15) is 0 Å². The van der Waals surface area contributed by atoms with Crippen molar-refractivity contribution in [3.05, 3.63) is 59.2 Å². The van der Waals surface area contributed by atoms with Crippen molar-refractivity contribution in [1.82, 2.24) is 0 Å². The van der Waals surface area contributed by atoms with Crippen LogP contribution >= 0.6 is 11.8 Å². The van der Waals surface area contributed by atoms with Crippen molar-refractivity contribution in [3.63, 3.8) is 0 Å². The van der Waals surface area contributed by atoms with Crippen LogP contribution in [0.25, 0.3) is 0 Å². The van der Waals surface area contributed by atoms with E-state index < -0.39 is 17.6 Å². The predicted octanol–water partition coefficient (Wildman–Crippen LogP) is 4.12. The molecule has 1 N–H and O–H groups in total. The molecule has 0 saturated carbocycles. The second-order valence-corrected chi connectivity index (χ2v) is 4.99. The molecular formula is C14H10F2O2S. The van der Waals surface area contributed by atoms with Crippen LogP contribution in [0.5, 0.6) is 0 Å². The first-order valence-electron chi connectivity index (χ1n) is 5.45. The number of halogens is 2. The van der Waals surface area contributed by atoms with Gasteiger partial charge in [0, 0.05) is 15.9 Å². The minimum absolute atomic E-state index is 0.105. The Bertz CT molecular complexity index is 641. The van der Waals surface area contributed by atoms with E-state index in [1.54, 1.807) is 19.1 Å². The number of carboxylic acids is 1. The summed E-state index contributed by atoms with van der Waals surface area (Å²) in [5, 5.41) is 9.11. The van der Waals surface area contributed by atoms with Gasteiger partial charge >= 0.3 is 5.97 Å². The molecule has 98 valence electrons. The van der Waals surface area contributed by atoms with Gasteiger partial charge in [0.1, 0.15) is 11.6 Å². The molecule has 2 nitrogen and oxygen atoms in total. The number of carbonyl (C=O) groups is 1. The van der Waals surface area contributed by atoms with Gasteiger partial charge in [0.2, 0.25) is 0 Å². The maximum Gasteiger partial charge on any atom is 0.336 e. The van der Waals surface area contributed by atoms with E-state index in [2.05, 4.69) is 0 Å². The highest BCUT2D eigenvalue weighted by atomic mass is 32.2. The molecule has 0 atom stereocenters. The number of hydrogen-bond donors (Lipinski definition) is 1. The van der Waals surface area contributed by atoms with Crippen molar-refractivity contribution < 1.29 is 18.7 Å². The maximum atomic E-state index is 13.6. The fourth-order valence-corrected chi connectivity index (χ4v) is 2.63. The number of aromatic carboxylic acids is 1. The van der Waals surface area contributed by atoms with Crippen LogP contribution in [0.15, 0.2) is 46.2 Å². The Morgan fingerprint density at radius 1 is 1.21 bits per heavy atom. The van der Waals surface area contributed by atoms with E-state index in [-0.39, 0.29) is 10.5 Å². The predicted molar refractivity (Wildman–Crippen MR) is 68.6 cm³/mol. The van der Waals surface area contributed by atoms with Crippen LogP contribution < -0.4 is 0 Å². The third-order valence-electron chi connectivity index (χ3n) is 2.55. The van der Waals surface area contributed by atoms with Crippen molar-refractivity contribution in [3.8, 4) is 0 Å². The molecule has 0 heterocycles. The van der Waals surface area contributed by atoms with Crippen molar-refractivity contribution in [1.29, 1.82) is 0 Å². The summed E-state index contributed by atoms with van der Waals surface area (Å²) in [4.78, 5) is 11.8. The lowest BCUT2D eigenvalue weighted by atomic mass is 10.1. The standard InChI is InChI=1S/C14H10F2O2S/c1-8-3-2-4-10(14(17)18)13(8)19-12-6-5-9(15)7-11(12)16/h2-7H,1H3,(H,17,18). The molecule has 2 aromatic carbocycles. The second kappa shape index (κ2) is 5.40. The number of rotatable bonds is 3. The third kappa shape index (κ3) is 2.93. The lowest BCUT2D eigenvalue weighted by molar-refractivity contribution is 0.0693. The molecule has 0 fully saturated rings.